The van der Waals surface area contributed by atoms with Gasteiger partial charge in [0, 0.05) is 37.3 Å². The molecule has 6 heteroatoms. The fourth-order valence-corrected chi connectivity index (χ4v) is 2.41. The second-order valence-electron chi connectivity index (χ2n) is 4.09. The first-order valence-electron chi connectivity index (χ1n) is 5.46. The molecule has 0 bridgehead atoms. The Morgan fingerprint density at radius 1 is 1.59 bits per heavy atom. The first kappa shape index (κ1) is 12.2. The summed E-state index contributed by atoms with van der Waals surface area (Å²) in [6.45, 7) is 1.38. The van der Waals surface area contributed by atoms with Crippen LogP contribution in [0, 0.1) is 0 Å². The van der Waals surface area contributed by atoms with Gasteiger partial charge in [0.15, 0.2) is 0 Å². The van der Waals surface area contributed by atoms with E-state index in [1.807, 2.05) is 25.0 Å². The quantitative estimate of drug-likeness (QED) is 0.861. The predicted octanol–water partition coefficient (Wildman–Crippen LogP) is 1.01. The van der Waals surface area contributed by atoms with Gasteiger partial charge in [-0.05, 0) is 7.05 Å². The number of hydrogen-bond donors (Lipinski definition) is 1. The van der Waals surface area contributed by atoms with Crippen molar-refractivity contribution in [2.75, 3.05) is 13.6 Å². The van der Waals surface area contributed by atoms with Crippen LogP contribution in [0.4, 0.5) is 0 Å². The summed E-state index contributed by atoms with van der Waals surface area (Å²) in [4.78, 5) is 6.49. The van der Waals surface area contributed by atoms with E-state index in [-0.39, 0.29) is 6.04 Å². The Labute approximate surface area is 105 Å². The molecule has 0 aliphatic heterocycles. The number of hydrogen-bond acceptors (Lipinski definition) is 5. The van der Waals surface area contributed by atoms with Gasteiger partial charge in [0.05, 0.1) is 23.4 Å². The van der Waals surface area contributed by atoms with E-state index >= 15 is 0 Å². The molecule has 2 heterocycles. The molecule has 2 aromatic heterocycles. The number of nitrogens with two attached hydrogens (primary N) is 1. The monoisotopic (exact) mass is 251 g/mol. The van der Waals surface area contributed by atoms with Crippen molar-refractivity contribution in [2.24, 2.45) is 12.8 Å². The Morgan fingerprint density at radius 2 is 2.41 bits per heavy atom. The van der Waals surface area contributed by atoms with Crippen molar-refractivity contribution < 1.29 is 0 Å². The molecule has 2 aromatic rings. The molecule has 0 amide bonds. The lowest BCUT2D eigenvalue weighted by Gasteiger charge is -2.25. The minimum absolute atomic E-state index is 0.186. The van der Waals surface area contributed by atoms with Crippen LogP contribution in [0.15, 0.2) is 23.3 Å². The SMILES string of the molecule is CN(Cc1cscn1)C(CN)c1cnn(C)c1. The van der Waals surface area contributed by atoms with E-state index in [1.165, 1.54) is 0 Å². The highest BCUT2D eigenvalue weighted by molar-refractivity contribution is 7.07. The third-order valence-electron chi connectivity index (χ3n) is 2.76. The van der Waals surface area contributed by atoms with E-state index in [0.717, 1.165) is 17.8 Å². The molecule has 2 N–H and O–H groups in total. The zero-order valence-electron chi connectivity index (χ0n) is 10.1. The van der Waals surface area contributed by atoms with Crippen LogP contribution in [-0.4, -0.2) is 33.3 Å². The van der Waals surface area contributed by atoms with E-state index < -0.39 is 0 Å². The van der Waals surface area contributed by atoms with Gasteiger partial charge >= 0.3 is 0 Å². The van der Waals surface area contributed by atoms with Crippen molar-refractivity contribution in [3.8, 4) is 0 Å². The number of aryl methyl sites for hydroxylation is 1. The van der Waals surface area contributed by atoms with Gasteiger partial charge in [0.25, 0.3) is 0 Å². The van der Waals surface area contributed by atoms with Gasteiger partial charge in [-0.1, -0.05) is 0 Å². The number of rotatable bonds is 5. The molecule has 0 aliphatic carbocycles. The minimum atomic E-state index is 0.186. The number of likely N-dealkylation sites (N-methyl/N-ethyl adjacent to an activating group) is 1. The zero-order valence-corrected chi connectivity index (χ0v) is 10.9. The Kier molecular flexibility index (Phi) is 3.88. The van der Waals surface area contributed by atoms with Crippen LogP contribution >= 0.6 is 11.3 Å². The van der Waals surface area contributed by atoms with E-state index in [1.54, 1.807) is 16.0 Å². The third kappa shape index (κ3) is 2.91. The summed E-state index contributed by atoms with van der Waals surface area (Å²) >= 11 is 1.62. The van der Waals surface area contributed by atoms with E-state index in [9.17, 15) is 0 Å². The first-order chi connectivity index (χ1) is 8.20. The molecule has 0 fully saturated rings. The molecule has 0 saturated carbocycles. The second kappa shape index (κ2) is 5.39. The van der Waals surface area contributed by atoms with Gasteiger partial charge in [-0.15, -0.1) is 11.3 Å². The van der Waals surface area contributed by atoms with Crippen molar-refractivity contribution in [1.82, 2.24) is 19.7 Å². The first-order valence-corrected chi connectivity index (χ1v) is 6.41. The van der Waals surface area contributed by atoms with E-state index in [2.05, 4.69) is 27.4 Å². The topological polar surface area (TPSA) is 60.0 Å². The van der Waals surface area contributed by atoms with Gasteiger partial charge in [-0.3, -0.25) is 9.58 Å². The fraction of sp³-hybridized carbons (Fsp3) is 0.455. The van der Waals surface area contributed by atoms with E-state index in [4.69, 9.17) is 5.73 Å². The summed E-state index contributed by atoms with van der Waals surface area (Å²) in [6, 6.07) is 0.186. The van der Waals surface area contributed by atoms with Gasteiger partial charge in [0.1, 0.15) is 0 Å². The zero-order chi connectivity index (χ0) is 12.3. The molecule has 92 valence electrons. The molecule has 1 atom stereocenters. The lowest BCUT2D eigenvalue weighted by Crippen LogP contribution is -2.30. The lowest BCUT2D eigenvalue weighted by atomic mass is 10.1. The summed E-state index contributed by atoms with van der Waals surface area (Å²) in [6.07, 6.45) is 3.88. The number of nitrogens with zero attached hydrogens (tertiary/aromatic N) is 4. The molecule has 0 aromatic carbocycles. The normalized spacial score (nSPS) is 13.2. The van der Waals surface area contributed by atoms with Crippen LogP contribution in [0.3, 0.4) is 0 Å². The number of aromatic nitrogens is 3. The second-order valence-corrected chi connectivity index (χ2v) is 4.81. The highest BCUT2D eigenvalue weighted by atomic mass is 32.1. The average molecular weight is 251 g/mol. The number of thiazole rings is 1. The molecular weight excluding hydrogens is 234 g/mol. The summed E-state index contributed by atoms with van der Waals surface area (Å²) in [7, 11) is 3.97. The van der Waals surface area contributed by atoms with Crippen molar-refractivity contribution in [3.05, 3.63) is 34.5 Å². The molecule has 0 saturated heterocycles. The lowest BCUT2D eigenvalue weighted by molar-refractivity contribution is 0.239. The fourth-order valence-electron chi connectivity index (χ4n) is 1.86. The Hall–Kier alpha value is -1.24. The molecule has 2 rings (SSSR count). The molecule has 17 heavy (non-hydrogen) atoms. The van der Waals surface area contributed by atoms with Crippen LogP contribution in [0.2, 0.25) is 0 Å². The van der Waals surface area contributed by atoms with Gasteiger partial charge in [-0.25, -0.2) is 4.98 Å². The molecule has 0 radical (unpaired) electrons. The highest BCUT2D eigenvalue weighted by Crippen LogP contribution is 2.19. The van der Waals surface area contributed by atoms with Crippen molar-refractivity contribution >= 4 is 11.3 Å². The smallest absolute Gasteiger partial charge is 0.0795 e. The highest BCUT2D eigenvalue weighted by Gasteiger charge is 2.17. The average Bonchev–Trinajstić information content (AvgIpc) is 2.91. The summed E-state index contributed by atoms with van der Waals surface area (Å²) in [5, 5.41) is 6.25. The Morgan fingerprint density at radius 3 is 2.94 bits per heavy atom. The summed E-state index contributed by atoms with van der Waals surface area (Å²) in [5.41, 5.74) is 9.93. The maximum atomic E-state index is 5.85. The standard InChI is InChI=1S/C11H17N5S/c1-15(6-10-7-17-8-13-10)11(3-12)9-4-14-16(2)5-9/h4-5,7-8,11H,3,6,12H2,1-2H3. The largest absolute Gasteiger partial charge is 0.329 e. The third-order valence-corrected chi connectivity index (χ3v) is 3.40. The molecular formula is C11H17N5S. The van der Waals surface area contributed by atoms with Gasteiger partial charge in [-0.2, -0.15) is 5.10 Å². The summed E-state index contributed by atoms with van der Waals surface area (Å²) < 4.78 is 1.80. The minimum Gasteiger partial charge on any atom is -0.329 e. The molecule has 0 spiro atoms. The van der Waals surface area contributed by atoms with Gasteiger partial charge in [0.2, 0.25) is 0 Å². The van der Waals surface area contributed by atoms with Crippen molar-refractivity contribution in [1.29, 1.82) is 0 Å². The van der Waals surface area contributed by atoms with Crippen LogP contribution in [-0.2, 0) is 13.6 Å². The van der Waals surface area contributed by atoms with Gasteiger partial charge < -0.3 is 5.73 Å². The predicted molar refractivity (Wildman–Crippen MR) is 68.6 cm³/mol. The maximum absolute atomic E-state index is 5.85. The van der Waals surface area contributed by atoms with Crippen LogP contribution < -0.4 is 5.73 Å². The van der Waals surface area contributed by atoms with Crippen LogP contribution in [0.25, 0.3) is 0 Å². The molecule has 5 nitrogen and oxygen atoms in total. The Balaban J connectivity index is 2.07. The van der Waals surface area contributed by atoms with E-state index in [0.29, 0.717) is 6.54 Å². The maximum Gasteiger partial charge on any atom is 0.0795 e. The van der Waals surface area contributed by atoms with Crippen molar-refractivity contribution in [3.63, 3.8) is 0 Å². The van der Waals surface area contributed by atoms with Crippen molar-refractivity contribution in [2.45, 2.75) is 12.6 Å². The van der Waals surface area contributed by atoms with Crippen LogP contribution in [0.5, 0.6) is 0 Å². The van der Waals surface area contributed by atoms with Crippen LogP contribution in [0.1, 0.15) is 17.3 Å². The molecule has 1 unspecified atom stereocenters. The Bertz CT molecular complexity index is 450. The summed E-state index contributed by atoms with van der Waals surface area (Å²) in [5.74, 6) is 0. The molecule has 0 aliphatic rings.